The van der Waals surface area contributed by atoms with Gasteiger partial charge in [-0.15, -0.1) is 0 Å². The molecule has 5 heteroatoms. The number of fused-ring (bicyclic) bond motifs is 2. The minimum absolute atomic E-state index is 0.222. The summed E-state index contributed by atoms with van der Waals surface area (Å²) in [5.74, 6) is 0. The molecule has 2 aromatic rings. The van der Waals surface area contributed by atoms with Gasteiger partial charge < -0.3 is 15.7 Å². The zero-order valence-electron chi connectivity index (χ0n) is 15.7. The molecule has 27 heavy (non-hydrogen) atoms. The minimum Gasteiger partial charge on any atom is -0.390 e. The molecule has 3 atom stereocenters. The van der Waals surface area contributed by atoms with Crippen LogP contribution in [0.5, 0.6) is 0 Å². The van der Waals surface area contributed by atoms with Gasteiger partial charge in [0.1, 0.15) is 0 Å². The molecule has 0 spiro atoms. The molecule has 1 aliphatic heterocycles. The summed E-state index contributed by atoms with van der Waals surface area (Å²) in [6, 6.07) is 16.2. The Morgan fingerprint density at radius 1 is 1.15 bits per heavy atom. The van der Waals surface area contributed by atoms with Gasteiger partial charge >= 0.3 is 6.03 Å². The van der Waals surface area contributed by atoms with Crippen molar-refractivity contribution in [2.45, 2.75) is 44.5 Å². The zero-order valence-corrected chi connectivity index (χ0v) is 15.7. The van der Waals surface area contributed by atoms with Crippen LogP contribution in [0.2, 0.25) is 0 Å². The van der Waals surface area contributed by atoms with E-state index in [4.69, 9.17) is 0 Å². The summed E-state index contributed by atoms with van der Waals surface area (Å²) in [6.07, 6.45) is 1.08. The summed E-state index contributed by atoms with van der Waals surface area (Å²) in [5.41, 5.74) is 4.93. The van der Waals surface area contributed by atoms with E-state index in [1.54, 1.807) is 0 Å². The van der Waals surface area contributed by atoms with Crippen molar-refractivity contribution < 1.29 is 9.90 Å². The van der Waals surface area contributed by atoms with Gasteiger partial charge in [0.15, 0.2) is 0 Å². The molecule has 1 aliphatic carbocycles. The van der Waals surface area contributed by atoms with Crippen LogP contribution in [0.3, 0.4) is 0 Å². The molecule has 5 nitrogen and oxygen atoms in total. The van der Waals surface area contributed by atoms with Crippen molar-refractivity contribution in [1.29, 1.82) is 0 Å². The van der Waals surface area contributed by atoms with Crippen molar-refractivity contribution >= 4 is 6.03 Å². The van der Waals surface area contributed by atoms with E-state index in [1.165, 1.54) is 11.1 Å². The molecule has 1 unspecified atom stereocenters. The number of carbonyl (C=O) groups excluding carboxylic acids is 1. The monoisotopic (exact) mass is 365 g/mol. The topological polar surface area (TPSA) is 64.6 Å². The molecule has 142 valence electrons. The predicted octanol–water partition coefficient (Wildman–Crippen LogP) is 2.39. The number of aliphatic hydroxyl groups is 1. The lowest BCUT2D eigenvalue weighted by Crippen LogP contribution is -2.48. The first kappa shape index (κ1) is 18.0. The van der Waals surface area contributed by atoms with Crippen LogP contribution in [0.4, 0.5) is 4.79 Å². The number of amides is 2. The van der Waals surface area contributed by atoms with Gasteiger partial charge in [0.05, 0.1) is 12.1 Å². The standard InChI is InChI=1S/C22H27N3O2/c1-15(25-11-10-16-6-2-3-8-18(16)14-25)13-23-22(27)24-21-19-9-5-4-7-17(19)12-20(21)26/h2-9,15,20-21,26H,10-14H2,1H3,(H2,23,24,27)/t15?,20-,21+/m0/s1. The lowest BCUT2D eigenvalue weighted by atomic mass is 9.99. The predicted molar refractivity (Wildman–Crippen MR) is 105 cm³/mol. The highest BCUT2D eigenvalue weighted by molar-refractivity contribution is 5.74. The second-order valence-corrected chi connectivity index (χ2v) is 7.64. The fourth-order valence-corrected chi connectivity index (χ4v) is 4.20. The Morgan fingerprint density at radius 2 is 1.85 bits per heavy atom. The zero-order chi connectivity index (χ0) is 18.8. The highest BCUT2D eigenvalue weighted by Crippen LogP contribution is 2.31. The molecule has 0 fully saturated rings. The van der Waals surface area contributed by atoms with Gasteiger partial charge in [0, 0.05) is 32.1 Å². The second-order valence-electron chi connectivity index (χ2n) is 7.64. The largest absolute Gasteiger partial charge is 0.390 e. The first-order chi connectivity index (χ1) is 13.1. The number of aliphatic hydroxyl groups excluding tert-OH is 1. The number of nitrogens with zero attached hydrogens (tertiary/aromatic N) is 1. The summed E-state index contributed by atoms with van der Waals surface area (Å²) in [6.45, 7) is 4.66. The van der Waals surface area contributed by atoms with E-state index in [9.17, 15) is 9.90 Å². The maximum Gasteiger partial charge on any atom is 0.315 e. The van der Waals surface area contributed by atoms with Crippen LogP contribution in [-0.2, 0) is 19.4 Å². The van der Waals surface area contributed by atoms with Crippen LogP contribution >= 0.6 is 0 Å². The molecule has 0 saturated carbocycles. The summed E-state index contributed by atoms with van der Waals surface area (Å²) in [5, 5.41) is 16.2. The normalized spacial score (nSPS) is 22.6. The number of benzene rings is 2. The highest BCUT2D eigenvalue weighted by atomic mass is 16.3. The van der Waals surface area contributed by atoms with Gasteiger partial charge in [-0.2, -0.15) is 0 Å². The summed E-state index contributed by atoms with van der Waals surface area (Å²) in [7, 11) is 0. The van der Waals surface area contributed by atoms with E-state index in [-0.39, 0.29) is 18.1 Å². The fourth-order valence-electron chi connectivity index (χ4n) is 4.20. The SMILES string of the molecule is CC(CNC(=O)N[C@@H]1c2ccccc2C[C@@H]1O)N1CCc2ccccc2C1. The molecule has 1 heterocycles. The number of hydrogen-bond donors (Lipinski definition) is 3. The molecule has 0 bridgehead atoms. The van der Waals surface area contributed by atoms with Crippen molar-refractivity contribution in [3.8, 4) is 0 Å². The molecular weight excluding hydrogens is 338 g/mol. The first-order valence-corrected chi connectivity index (χ1v) is 9.73. The molecule has 3 N–H and O–H groups in total. The number of nitrogens with one attached hydrogen (secondary N) is 2. The van der Waals surface area contributed by atoms with Gasteiger partial charge in [0.2, 0.25) is 0 Å². The van der Waals surface area contributed by atoms with E-state index in [0.717, 1.165) is 30.6 Å². The Bertz CT molecular complexity index is 823. The number of rotatable bonds is 4. The Hall–Kier alpha value is -2.37. The molecule has 2 aliphatic rings. The average molecular weight is 365 g/mol. The Labute approximate surface area is 160 Å². The van der Waals surface area contributed by atoms with Crippen molar-refractivity contribution in [3.05, 3.63) is 70.8 Å². The molecule has 0 saturated heterocycles. The minimum atomic E-state index is -0.566. The quantitative estimate of drug-likeness (QED) is 0.780. The molecule has 4 rings (SSSR count). The average Bonchev–Trinajstić information content (AvgIpc) is 3.01. The van der Waals surface area contributed by atoms with E-state index >= 15 is 0 Å². The smallest absolute Gasteiger partial charge is 0.315 e. The van der Waals surface area contributed by atoms with Gasteiger partial charge in [-0.05, 0) is 35.6 Å². The molecular formula is C22H27N3O2. The number of hydrogen-bond acceptors (Lipinski definition) is 3. The van der Waals surface area contributed by atoms with E-state index in [0.29, 0.717) is 13.0 Å². The summed E-state index contributed by atoms with van der Waals surface area (Å²) >= 11 is 0. The highest BCUT2D eigenvalue weighted by Gasteiger charge is 2.32. The number of urea groups is 1. The third-order valence-electron chi connectivity index (χ3n) is 5.83. The Morgan fingerprint density at radius 3 is 2.67 bits per heavy atom. The van der Waals surface area contributed by atoms with E-state index < -0.39 is 6.10 Å². The van der Waals surface area contributed by atoms with Crippen LogP contribution < -0.4 is 10.6 Å². The van der Waals surface area contributed by atoms with Crippen LogP contribution in [-0.4, -0.2) is 41.3 Å². The van der Waals surface area contributed by atoms with Crippen molar-refractivity contribution in [2.75, 3.05) is 13.1 Å². The molecule has 0 aromatic heterocycles. The van der Waals surface area contributed by atoms with Gasteiger partial charge in [-0.3, -0.25) is 4.90 Å². The molecule has 2 amide bonds. The maximum atomic E-state index is 12.4. The summed E-state index contributed by atoms with van der Waals surface area (Å²) in [4.78, 5) is 14.8. The molecule has 2 aromatic carbocycles. The van der Waals surface area contributed by atoms with E-state index in [2.05, 4.69) is 46.7 Å². The van der Waals surface area contributed by atoms with Crippen molar-refractivity contribution in [1.82, 2.24) is 15.5 Å². The van der Waals surface area contributed by atoms with Crippen molar-refractivity contribution in [3.63, 3.8) is 0 Å². The lowest BCUT2D eigenvalue weighted by molar-refractivity contribution is 0.141. The lowest BCUT2D eigenvalue weighted by Gasteiger charge is -2.34. The molecule has 0 radical (unpaired) electrons. The second kappa shape index (κ2) is 7.71. The van der Waals surface area contributed by atoms with Gasteiger partial charge in [0.25, 0.3) is 0 Å². The van der Waals surface area contributed by atoms with Crippen LogP contribution in [0.1, 0.15) is 35.2 Å². The Kier molecular flexibility index (Phi) is 5.14. The Balaban J connectivity index is 1.30. The first-order valence-electron chi connectivity index (χ1n) is 9.73. The van der Waals surface area contributed by atoms with Crippen LogP contribution in [0, 0.1) is 0 Å². The summed E-state index contributed by atoms with van der Waals surface area (Å²) < 4.78 is 0. The fraction of sp³-hybridized carbons (Fsp3) is 0.409. The van der Waals surface area contributed by atoms with Gasteiger partial charge in [-0.1, -0.05) is 48.5 Å². The third-order valence-corrected chi connectivity index (χ3v) is 5.83. The van der Waals surface area contributed by atoms with Crippen LogP contribution in [0.25, 0.3) is 0 Å². The van der Waals surface area contributed by atoms with Crippen LogP contribution in [0.15, 0.2) is 48.5 Å². The van der Waals surface area contributed by atoms with Crippen molar-refractivity contribution in [2.24, 2.45) is 0 Å². The van der Waals surface area contributed by atoms with Gasteiger partial charge in [-0.25, -0.2) is 4.79 Å². The third kappa shape index (κ3) is 3.84. The maximum absolute atomic E-state index is 12.4. The number of carbonyl (C=O) groups is 1. The van der Waals surface area contributed by atoms with E-state index in [1.807, 2.05) is 24.3 Å².